The lowest BCUT2D eigenvalue weighted by molar-refractivity contribution is -0.148. The van der Waals surface area contributed by atoms with Gasteiger partial charge < -0.3 is 4.74 Å². The van der Waals surface area contributed by atoms with Crippen molar-refractivity contribution in [3.63, 3.8) is 0 Å². The average molecular weight is 349 g/mol. The maximum atomic E-state index is 11.8. The molecule has 3 heteroatoms. The van der Waals surface area contributed by atoms with Crippen LogP contribution in [0, 0.1) is 5.92 Å². The highest BCUT2D eigenvalue weighted by atomic mass is 16.6. The van der Waals surface area contributed by atoms with E-state index in [4.69, 9.17) is 4.74 Å². The molecule has 0 aromatic heterocycles. The number of hydrogen-bond donors (Lipinski definition) is 0. The lowest BCUT2D eigenvalue weighted by Gasteiger charge is -2.43. The molecule has 0 saturated carbocycles. The Hall–Kier alpha value is -2.39. The lowest BCUT2D eigenvalue weighted by atomic mass is 9.90. The third-order valence-electron chi connectivity index (χ3n) is 4.45. The predicted molar refractivity (Wildman–Crippen MR) is 105 cm³/mol. The summed E-state index contributed by atoms with van der Waals surface area (Å²) in [6, 6.07) is 21.4. The molecule has 26 heavy (non-hydrogen) atoms. The minimum Gasteiger partial charge on any atom is -0.457 e. The molecule has 136 valence electrons. The standard InChI is InChI=1S/C23H27NO2/c1-23(2,3)26-21(25)15-14-18-16-24(17-18)22(19-10-6-4-7-11-19)20-12-8-5-9-13-20/h4-15,18,22H,16-17H2,1-3H3/b15-14+. The van der Waals surface area contributed by atoms with Crippen molar-refractivity contribution in [1.29, 1.82) is 0 Å². The van der Waals surface area contributed by atoms with Crippen molar-refractivity contribution >= 4 is 5.97 Å². The Labute approximate surface area is 156 Å². The van der Waals surface area contributed by atoms with E-state index >= 15 is 0 Å². The summed E-state index contributed by atoms with van der Waals surface area (Å²) < 4.78 is 5.33. The van der Waals surface area contributed by atoms with Gasteiger partial charge in [-0.3, -0.25) is 4.90 Å². The van der Waals surface area contributed by atoms with E-state index in [0.29, 0.717) is 5.92 Å². The van der Waals surface area contributed by atoms with Gasteiger partial charge in [0, 0.05) is 25.1 Å². The number of ether oxygens (including phenoxy) is 1. The van der Waals surface area contributed by atoms with Crippen LogP contribution in [0.5, 0.6) is 0 Å². The summed E-state index contributed by atoms with van der Waals surface area (Å²) in [6.07, 6.45) is 3.56. The topological polar surface area (TPSA) is 29.5 Å². The van der Waals surface area contributed by atoms with E-state index < -0.39 is 5.60 Å². The summed E-state index contributed by atoms with van der Waals surface area (Å²) >= 11 is 0. The predicted octanol–water partition coefficient (Wildman–Crippen LogP) is 4.61. The highest BCUT2D eigenvalue weighted by molar-refractivity contribution is 5.82. The Balaban J connectivity index is 1.66. The van der Waals surface area contributed by atoms with Gasteiger partial charge in [0.1, 0.15) is 5.60 Å². The van der Waals surface area contributed by atoms with Gasteiger partial charge in [-0.05, 0) is 31.9 Å². The van der Waals surface area contributed by atoms with Crippen molar-refractivity contribution < 1.29 is 9.53 Å². The van der Waals surface area contributed by atoms with Crippen molar-refractivity contribution in [3.8, 4) is 0 Å². The van der Waals surface area contributed by atoms with Gasteiger partial charge >= 0.3 is 5.97 Å². The second-order valence-electron chi connectivity index (χ2n) is 7.83. The molecule has 0 unspecified atom stereocenters. The molecule has 3 nitrogen and oxygen atoms in total. The fourth-order valence-electron chi connectivity index (χ4n) is 3.32. The fourth-order valence-corrected chi connectivity index (χ4v) is 3.32. The van der Waals surface area contributed by atoms with Crippen LogP contribution in [0.15, 0.2) is 72.8 Å². The van der Waals surface area contributed by atoms with E-state index in [0.717, 1.165) is 13.1 Å². The zero-order valence-corrected chi connectivity index (χ0v) is 15.8. The number of nitrogens with zero attached hydrogens (tertiary/aromatic N) is 1. The molecule has 1 heterocycles. The summed E-state index contributed by atoms with van der Waals surface area (Å²) in [4.78, 5) is 14.3. The second kappa shape index (κ2) is 7.88. The first kappa shape index (κ1) is 18.4. The molecule has 2 aromatic rings. The van der Waals surface area contributed by atoms with Crippen molar-refractivity contribution in [2.45, 2.75) is 32.4 Å². The fraction of sp³-hybridized carbons (Fsp3) is 0.348. The molecular formula is C23H27NO2. The molecule has 1 aliphatic heterocycles. The molecule has 0 aliphatic carbocycles. The van der Waals surface area contributed by atoms with Crippen LogP contribution in [-0.2, 0) is 9.53 Å². The minimum absolute atomic E-state index is 0.253. The summed E-state index contributed by atoms with van der Waals surface area (Å²) in [7, 11) is 0. The molecule has 2 aromatic carbocycles. The van der Waals surface area contributed by atoms with E-state index in [1.54, 1.807) is 6.08 Å². The second-order valence-corrected chi connectivity index (χ2v) is 7.83. The summed E-state index contributed by atoms with van der Waals surface area (Å²) in [5, 5.41) is 0. The van der Waals surface area contributed by atoms with E-state index in [1.165, 1.54) is 11.1 Å². The van der Waals surface area contributed by atoms with Crippen molar-refractivity contribution in [3.05, 3.63) is 83.9 Å². The Kier molecular flexibility index (Phi) is 5.58. The molecule has 1 saturated heterocycles. The molecule has 1 fully saturated rings. The maximum absolute atomic E-state index is 11.8. The van der Waals surface area contributed by atoms with Crippen LogP contribution in [0.3, 0.4) is 0 Å². The van der Waals surface area contributed by atoms with Gasteiger partial charge in [-0.1, -0.05) is 66.7 Å². The van der Waals surface area contributed by atoms with Crippen LogP contribution in [-0.4, -0.2) is 29.6 Å². The largest absolute Gasteiger partial charge is 0.457 e. The molecule has 1 aliphatic rings. The van der Waals surface area contributed by atoms with Gasteiger partial charge in [-0.2, -0.15) is 0 Å². The lowest BCUT2D eigenvalue weighted by Crippen LogP contribution is -2.48. The van der Waals surface area contributed by atoms with Crippen LogP contribution in [0.1, 0.15) is 37.9 Å². The van der Waals surface area contributed by atoms with Crippen molar-refractivity contribution in [2.24, 2.45) is 5.92 Å². The SMILES string of the molecule is CC(C)(C)OC(=O)/C=C/C1CN(C(c2ccccc2)c2ccccc2)C1. The zero-order chi connectivity index (χ0) is 18.6. The van der Waals surface area contributed by atoms with E-state index in [1.807, 2.05) is 39.0 Å². The number of carbonyl (C=O) groups excluding carboxylic acids is 1. The number of likely N-dealkylation sites (tertiary alicyclic amines) is 1. The van der Waals surface area contributed by atoms with Gasteiger partial charge in [0.15, 0.2) is 0 Å². The number of rotatable bonds is 5. The van der Waals surface area contributed by atoms with Crippen molar-refractivity contribution in [2.75, 3.05) is 13.1 Å². The quantitative estimate of drug-likeness (QED) is 0.583. The third kappa shape index (κ3) is 4.83. The van der Waals surface area contributed by atoms with Crippen molar-refractivity contribution in [1.82, 2.24) is 4.90 Å². The monoisotopic (exact) mass is 349 g/mol. The van der Waals surface area contributed by atoms with Gasteiger partial charge in [-0.15, -0.1) is 0 Å². The molecule has 0 radical (unpaired) electrons. The maximum Gasteiger partial charge on any atom is 0.330 e. The summed E-state index contributed by atoms with van der Waals surface area (Å²) in [6.45, 7) is 7.53. The highest BCUT2D eigenvalue weighted by Gasteiger charge is 2.32. The van der Waals surface area contributed by atoms with Gasteiger partial charge in [0.05, 0.1) is 6.04 Å². The van der Waals surface area contributed by atoms with E-state index in [9.17, 15) is 4.79 Å². The van der Waals surface area contributed by atoms with Crippen LogP contribution in [0.2, 0.25) is 0 Å². The van der Waals surface area contributed by atoms with Crippen LogP contribution in [0.4, 0.5) is 0 Å². The van der Waals surface area contributed by atoms with Gasteiger partial charge in [-0.25, -0.2) is 4.79 Å². The first-order valence-corrected chi connectivity index (χ1v) is 9.17. The summed E-state index contributed by atoms with van der Waals surface area (Å²) in [5.74, 6) is 0.121. The Morgan fingerprint density at radius 3 is 1.96 bits per heavy atom. The first-order valence-electron chi connectivity index (χ1n) is 9.17. The number of carbonyl (C=O) groups is 1. The molecule has 0 atom stereocenters. The minimum atomic E-state index is -0.446. The molecular weight excluding hydrogens is 322 g/mol. The van der Waals surface area contributed by atoms with E-state index in [-0.39, 0.29) is 12.0 Å². The Morgan fingerprint density at radius 2 is 1.50 bits per heavy atom. The van der Waals surface area contributed by atoms with Gasteiger partial charge in [0.2, 0.25) is 0 Å². The molecule has 0 amide bonds. The molecule has 0 bridgehead atoms. The Bertz CT molecular complexity index is 701. The summed E-state index contributed by atoms with van der Waals surface area (Å²) in [5.41, 5.74) is 2.15. The average Bonchev–Trinajstić information content (AvgIpc) is 2.57. The van der Waals surface area contributed by atoms with E-state index in [2.05, 4.69) is 53.4 Å². The highest BCUT2D eigenvalue weighted by Crippen LogP contribution is 2.34. The zero-order valence-electron chi connectivity index (χ0n) is 15.8. The first-order chi connectivity index (χ1) is 12.4. The van der Waals surface area contributed by atoms with Crippen LogP contribution < -0.4 is 0 Å². The molecule has 0 N–H and O–H groups in total. The smallest absolute Gasteiger partial charge is 0.330 e. The molecule has 0 spiro atoms. The van der Waals surface area contributed by atoms with Gasteiger partial charge in [0.25, 0.3) is 0 Å². The van der Waals surface area contributed by atoms with Crippen LogP contribution >= 0.6 is 0 Å². The number of benzene rings is 2. The number of hydrogen-bond acceptors (Lipinski definition) is 3. The van der Waals surface area contributed by atoms with Crippen LogP contribution in [0.25, 0.3) is 0 Å². The normalized spacial score (nSPS) is 16.0. The number of esters is 1. The third-order valence-corrected chi connectivity index (χ3v) is 4.45. The molecule has 3 rings (SSSR count). The Morgan fingerprint density at radius 1 is 1.00 bits per heavy atom.